The Morgan fingerprint density at radius 2 is 1.36 bits per heavy atom. The van der Waals surface area contributed by atoms with Gasteiger partial charge in [-0.1, -0.05) is 60.7 Å². The molecule has 138 valence electrons. The first-order valence-corrected chi connectivity index (χ1v) is 9.14. The Morgan fingerprint density at radius 3 is 2.18 bits per heavy atom. The largest absolute Gasteiger partial charge is 0.488 e. The smallest absolute Gasteiger partial charge is 0.163 e. The Hall–Kier alpha value is -3.66. The van der Waals surface area contributed by atoms with Crippen molar-refractivity contribution in [2.24, 2.45) is 0 Å². The van der Waals surface area contributed by atoms with Crippen LogP contribution in [-0.2, 0) is 13.2 Å². The average molecular weight is 368 g/mol. The predicted molar refractivity (Wildman–Crippen MR) is 109 cm³/mol. The lowest BCUT2D eigenvalue weighted by atomic mass is 10.2. The number of benzene rings is 3. The molecule has 0 N–H and O–H groups in total. The first kappa shape index (κ1) is 17.7. The van der Waals surface area contributed by atoms with E-state index < -0.39 is 0 Å². The maximum absolute atomic E-state index is 6.04. The molecule has 0 atom stereocenters. The second kappa shape index (κ2) is 8.82. The van der Waals surface area contributed by atoms with E-state index in [-0.39, 0.29) is 0 Å². The number of aromatic nitrogens is 2. The molecule has 1 aromatic heterocycles. The van der Waals surface area contributed by atoms with Gasteiger partial charge < -0.3 is 9.47 Å². The molecular weight excluding hydrogens is 348 g/mol. The van der Waals surface area contributed by atoms with Gasteiger partial charge in [0.05, 0.1) is 11.3 Å². The molecule has 0 spiro atoms. The number of hydrogen-bond acceptors (Lipinski definition) is 4. The fourth-order valence-corrected chi connectivity index (χ4v) is 2.79. The highest BCUT2D eigenvalue weighted by atomic mass is 16.5. The molecule has 0 amide bonds. The van der Waals surface area contributed by atoms with Crippen molar-refractivity contribution in [3.8, 4) is 22.9 Å². The maximum Gasteiger partial charge on any atom is 0.163 e. The van der Waals surface area contributed by atoms with Gasteiger partial charge in [-0.25, -0.2) is 9.97 Å². The van der Waals surface area contributed by atoms with E-state index in [0.717, 1.165) is 28.3 Å². The van der Waals surface area contributed by atoms with Gasteiger partial charge in [-0.05, 0) is 35.9 Å². The third kappa shape index (κ3) is 4.54. The summed E-state index contributed by atoms with van der Waals surface area (Å²) in [4.78, 5) is 9.09. The molecule has 4 heteroatoms. The SMILES string of the molecule is c1ccc(COc2ccccc2-c2nccc(COc3ccccc3)n2)cc1. The van der Waals surface area contributed by atoms with Crippen LogP contribution in [-0.4, -0.2) is 9.97 Å². The topological polar surface area (TPSA) is 44.2 Å². The Kier molecular flexibility index (Phi) is 5.59. The molecular formula is C24H20N2O2. The van der Waals surface area contributed by atoms with Gasteiger partial charge >= 0.3 is 0 Å². The third-order valence-electron chi connectivity index (χ3n) is 4.21. The lowest BCUT2D eigenvalue weighted by molar-refractivity contribution is 0.301. The van der Waals surface area contributed by atoms with E-state index >= 15 is 0 Å². The number of para-hydroxylation sites is 2. The van der Waals surface area contributed by atoms with Crippen LogP contribution < -0.4 is 9.47 Å². The van der Waals surface area contributed by atoms with Gasteiger partial charge in [-0.15, -0.1) is 0 Å². The molecule has 4 rings (SSSR count). The molecule has 0 radical (unpaired) electrons. The van der Waals surface area contributed by atoms with Gasteiger partial charge in [0.1, 0.15) is 24.7 Å². The molecule has 0 unspecified atom stereocenters. The van der Waals surface area contributed by atoms with Gasteiger partial charge in [-0.2, -0.15) is 0 Å². The number of rotatable bonds is 7. The third-order valence-corrected chi connectivity index (χ3v) is 4.21. The predicted octanol–water partition coefficient (Wildman–Crippen LogP) is 5.30. The van der Waals surface area contributed by atoms with Gasteiger partial charge in [-0.3, -0.25) is 0 Å². The molecule has 28 heavy (non-hydrogen) atoms. The van der Waals surface area contributed by atoms with Crippen LogP contribution in [0, 0.1) is 0 Å². The van der Waals surface area contributed by atoms with Crippen LogP contribution >= 0.6 is 0 Å². The lowest BCUT2D eigenvalue weighted by Gasteiger charge is -2.11. The van der Waals surface area contributed by atoms with Gasteiger partial charge in [0, 0.05) is 6.20 Å². The molecule has 3 aromatic carbocycles. The number of nitrogens with zero attached hydrogens (tertiary/aromatic N) is 2. The van der Waals surface area contributed by atoms with Gasteiger partial charge in [0.25, 0.3) is 0 Å². The van der Waals surface area contributed by atoms with Crippen molar-refractivity contribution in [3.05, 3.63) is 108 Å². The zero-order chi connectivity index (χ0) is 19.0. The van der Waals surface area contributed by atoms with E-state index in [2.05, 4.69) is 9.97 Å². The normalized spacial score (nSPS) is 10.4. The van der Waals surface area contributed by atoms with Crippen LogP contribution in [0.2, 0.25) is 0 Å². The quantitative estimate of drug-likeness (QED) is 0.444. The van der Waals surface area contributed by atoms with Crippen LogP contribution in [0.1, 0.15) is 11.3 Å². The summed E-state index contributed by atoms with van der Waals surface area (Å²) < 4.78 is 11.8. The zero-order valence-corrected chi connectivity index (χ0v) is 15.4. The van der Waals surface area contributed by atoms with Gasteiger partial charge in [0.15, 0.2) is 5.82 Å². The molecule has 0 saturated carbocycles. The van der Waals surface area contributed by atoms with Crippen molar-refractivity contribution < 1.29 is 9.47 Å². The summed E-state index contributed by atoms with van der Waals surface area (Å²) in [6.45, 7) is 0.876. The highest BCUT2D eigenvalue weighted by Gasteiger charge is 2.10. The molecule has 1 heterocycles. The fraction of sp³-hybridized carbons (Fsp3) is 0.0833. The summed E-state index contributed by atoms with van der Waals surface area (Å²) in [6.07, 6.45) is 1.75. The van der Waals surface area contributed by atoms with Crippen molar-refractivity contribution in [3.63, 3.8) is 0 Å². The highest BCUT2D eigenvalue weighted by Crippen LogP contribution is 2.28. The molecule has 0 aliphatic heterocycles. The summed E-state index contributed by atoms with van der Waals surface area (Å²) in [6, 6.07) is 29.5. The van der Waals surface area contributed by atoms with Crippen LogP contribution in [0.3, 0.4) is 0 Å². The Balaban J connectivity index is 1.51. The lowest BCUT2D eigenvalue weighted by Crippen LogP contribution is -2.02. The monoisotopic (exact) mass is 368 g/mol. The van der Waals surface area contributed by atoms with Crippen LogP contribution in [0.25, 0.3) is 11.4 Å². The molecule has 0 aliphatic rings. The molecule has 4 aromatic rings. The minimum atomic E-state index is 0.382. The van der Waals surface area contributed by atoms with Crippen molar-refractivity contribution in [1.82, 2.24) is 9.97 Å². The number of hydrogen-bond donors (Lipinski definition) is 0. The Labute approximate surface area is 164 Å². The van der Waals surface area contributed by atoms with E-state index in [1.165, 1.54) is 0 Å². The summed E-state index contributed by atoms with van der Waals surface area (Å²) >= 11 is 0. The van der Waals surface area contributed by atoms with E-state index in [1.807, 2.05) is 91.0 Å². The van der Waals surface area contributed by atoms with Crippen molar-refractivity contribution >= 4 is 0 Å². The van der Waals surface area contributed by atoms with Crippen LogP contribution in [0.4, 0.5) is 0 Å². The molecule has 0 fully saturated rings. The Morgan fingerprint density at radius 1 is 0.643 bits per heavy atom. The summed E-state index contributed by atoms with van der Waals surface area (Å²) in [7, 11) is 0. The van der Waals surface area contributed by atoms with E-state index in [1.54, 1.807) is 6.20 Å². The minimum absolute atomic E-state index is 0.382. The summed E-state index contributed by atoms with van der Waals surface area (Å²) in [5.41, 5.74) is 2.79. The zero-order valence-electron chi connectivity index (χ0n) is 15.4. The summed E-state index contributed by atoms with van der Waals surface area (Å²) in [5, 5.41) is 0. The van der Waals surface area contributed by atoms with Crippen molar-refractivity contribution in [2.45, 2.75) is 13.2 Å². The Bertz CT molecular complexity index is 1020. The van der Waals surface area contributed by atoms with Crippen molar-refractivity contribution in [2.75, 3.05) is 0 Å². The minimum Gasteiger partial charge on any atom is -0.488 e. The van der Waals surface area contributed by atoms with E-state index in [9.17, 15) is 0 Å². The number of ether oxygens (including phenoxy) is 2. The summed E-state index contributed by atoms with van der Waals surface area (Å²) in [5.74, 6) is 2.19. The second-order valence-corrected chi connectivity index (χ2v) is 6.24. The maximum atomic E-state index is 6.04. The molecule has 0 bridgehead atoms. The molecule has 0 saturated heterocycles. The average Bonchev–Trinajstić information content (AvgIpc) is 2.78. The van der Waals surface area contributed by atoms with E-state index in [0.29, 0.717) is 19.0 Å². The fourth-order valence-electron chi connectivity index (χ4n) is 2.79. The van der Waals surface area contributed by atoms with E-state index in [4.69, 9.17) is 9.47 Å². The molecule has 0 aliphatic carbocycles. The molecule has 4 nitrogen and oxygen atoms in total. The second-order valence-electron chi connectivity index (χ2n) is 6.24. The first-order valence-electron chi connectivity index (χ1n) is 9.14. The van der Waals surface area contributed by atoms with Crippen molar-refractivity contribution in [1.29, 1.82) is 0 Å². The standard InChI is InChI=1S/C24H20N2O2/c1-3-9-19(10-4-1)17-28-23-14-8-7-13-22(23)24-25-16-15-20(26-24)18-27-21-11-5-2-6-12-21/h1-16H,17-18H2. The highest BCUT2D eigenvalue weighted by molar-refractivity contribution is 5.63. The van der Waals surface area contributed by atoms with Crippen LogP contribution in [0.15, 0.2) is 97.2 Å². The van der Waals surface area contributed by atoms with Gasteiger partial charge in [0.2, 0.25) is 0 Å². The first-order chi connectivity index (χ1) is 13.9. The van der Waals surface area contributed by atoms with Crippen LogP contribution in [0.5, 0.6) is 11.5 Å².